The third-order valence-corrected chi connectivity index (χ3v) is 8.24. The fraction of sp³-hybridized carbons (Fsp3) is 0.778. The number of aliphatic hydroxyl groups is 3. The molecule has 3 heteroatoms. The average Bonchev–Trinajstić information content (AvgIpc) is 3.00. The molecule has 0 spiro atoms. The molecule has 3 nitrogen and oxygen atoms in total. The zero-order chi connectivity index (χ0) is 22.1. The highest BCUT2D eigenvalue weighted by Gasteiger charge is 2.50. The van der Waals surface area contributed by atoms with Gasteiger partial charge in [-0.15, -0.1) is 0 Å². The molecule has 1 saturated carbocycles. The van der Waals surface area contributed by atoms with Gasteiger partial charge in [-0.05, 0) is 81.6 Å². The van der Waals surface area contributed by atoms with Crippen molar-refractivity contribution >= 4 is 0 Å². The van der Waals surface area contributed by atoms with E-state index in [1.807, 2.05) is 20.8 Å². The molecule has 3 rings (SSSR count). The average molecular weight is 415 g/mol. The van der Waals surface area contributed by atoms with Gasteiger partial charge in [-0.3, -0.25) is 0 Å². The Hall–Kier alpha value is -1.08. The van der Waals surface area contributed by atoms with Crippen molar-refractivity contribution in [3.05, 3.63) is 22.8 Å². The van der Waals surface area contributed by atoms with Gasteiger partial charge >= 0.3 is 0 Å². The van der Waals surface area contributed by atoms with Crippen molar-refractivity contribution in [3.63, 3.8) is 0 Å². The highest BCUT2D eigenvalue weighted by atomic mass is 16.3. The summed E-state index contributed by atoms with van der Waals surface area (Å²) in [7, 11) is 0. The first-order valence-corrected chi connectivity index (χ1v) is 12.0. The number of aliphatic hydroxyl groups excluding tert-OH is 2. The Balaban J connectivity index is 1.71. The van der Waals surface area contributed by atoms with Crippen molar-refractivity contribution in [1.29, 1.82) is 0 Å². The standard InChI is InChI=1S/C27H42O3/c1-18(8-6-14-26(3,4)30)23-12-13-24-20(9-7-15-27(23,24)5)10-11-21-16-22(28)17-25(29)19(21)2/h9,18,22-25,28-30H,6-8,12-17H2,1-5H3/t18-,22-,23-,24+,25+,27-/m1/s1. The van der Waals surface area contributed by atoms with Gasteiger partial charge in [-0.1, -0.05) is 44.6 Å². The van der Waals surface area contributed by atoms with E-state index in [2.05, 4.69) is 31.8 Å². The normalized spacial score (nSPS) is 35.4. The number of rotatable bonds is 5. The Bertz CT molecular complexity index is 744. The van der Waals surface area contributed by atoms with E-state index in [9.17, 15) is 15.3 Å². The predicted molar refractivity (Wildman–Crippen MR) is 123 cm³/mol. The van der Waals surface area contributed by atoms with Crippen LogP contribution in [0.4, 0.5) is 0 Å². The summed E-state index contributed by atoms with van der Waals surface area (Å²) in [6.45, 7) is 10.6. The Morgan fingerprint density at radius 2 is 1.97 bits per heavy atom. The summed E-state index contributed by atoms with van der Waals surface area (Å²) in [5.74, 6) is 8.73. The van der Waals surface area contributed by atoms with Crippen LogP contribution in [-0.2, 0) is 0 Å². The van der Waals surface area contributed by atoms with E-state index >= 15 is 0 Å². The Morgan fingerprint density at radius 1 is 1.23 bits per heavy atom. The van der Waals surface area contributed by atoms with Crippen LogP contribution in [-0.4, -0.2) is 33.1 Å². The smallest absolute Gasteiger partial charge is 0.0784 e. The molecule has 6 atom stereocenters. The zero-order valence-corrected chi connectivity index (χ0v) is 19.7. The molecule has 0 aromatic heterocycles. The van der Waals surface area contributed by atoms with Crippen LogP contribution in [0.1, 0.15) is 92.4 Å². The number of hydrogen-bond donors (Lipinski definition) is 3. The van der Waals surface area contributed by atoms with Gasteiger partial charge in [0.25, 0.3) is 0 Å². The van der Waals surface area contributed by atoms with Crippen LogP contribution < -0.4 is 0 Å². The van der Waals surface area contributed by atoms with Gasteiger partial charge in [0.1, 0.15) is 0 Å². The SMILES string of the molecule is CC1=C(C#CC2=CCC[C@]3(C)[C@@H]([C@H](C)CCCC(C)(C)O)CC[C@@H]23)C[C@@H](O)C[C@@H]1O. The van der Waals surface area contributed by atoms with E-state index in [0.717, 1.165) is 30.4 Å². The monoisotopic (exact) mass is 414 g/mol. The van der Waals surface area contributed by atoms with Crippen molar-refractivity contribution in [1.82, 2.24) is 0 Å². The summed E-state index contributed by atoms with van der Waals surface area (Å²) in [6.07, 6.45) is 10.2. The molecule has 0 heterocycles. The van der Waals surface area contributed by atoms with Crippen LogP contribution in [0, 0.1) is 35.0 Å². The van der Waals surface area contributed by atoms with Crippen LogP contribution in [0.5, 0.6) is 0 Å². The molecule has 168 valence electrons. The van der Waals surface area contributed by atoms with Crippen LogP contribution in [0.25, 0.3) is 0 Å². The van der Waals surface area contributed by atoms with E-state index < -0.39 is 17.8 Å². The Labute approximate surface area is 183 Å². The molecule has 3 N–H and O–H groups in total. The van der Waals surface area contributed by atoms with Crippen molar-refractivity contribution in [2.75, 3.05) is 0 Å². The molecule has 0 unspecified atom stereocenters. The van der Waals surface area contributed by atoms with Gasteiger partial charge in [-0.25, -0.2) is 0 Å². The minimum absolute atomic E-state index is 0.307. The number of fused-ring (bicyclic) bond motifs is 1. The van der Waals surface area contributed by atoms with Gasteiger partial charge in [0.15, 0.2) is 0 Å². The van der Waals surface area contributed by atoms with Gasteiger partial charge in [-0.2, -0.15) is 0 Å². The third kappa shape index (κ3) is 5.21. The molecule has 3 aliphatic rings. The third-order valence-electron chi connectivity index (χ3n) is 8.24. The first-order valence-electron chi connectivity index (χ1n) is 12.0. The minimum Gasteiger partial charge on any atom is -0.393 e. The molecule has 0 saturated heterocycles. The van der Waals surface area contributed by atoms with E-state index in [1.54, 1.807) is 0 Å². The van der Waals surface area contributed by atoms with Crippen LogP contribution in [0.3, 0.4) is 0 Å². The molecule has 0 bridgehead atoms. The maximum absolute atomic E-state index is 10.1. The molecule has 0 aliphatic heterocycles. The van der Waals surface area contributed by atoms with Gasteiger partial charge < -0.3 is 15.3 Å². The van der Waals surface area contributed by atoms with Crippen molar-refractivity contribution in [2.24, 2.45) is 23.2 Å². The molecule has 0 radical (unpaired) electrons. The zero-order valence-electron chi connectivity index (χ0n) is 19.7. The summed E-state index contributed by atoms with van der Waals surface area (Å²) < 4.78 is 0. The fourth-order valence-corrected chi connectivity index (χ4v) is 6.36. The molecule has 3 aliphatic carbocycles. The Kier molecular flexibility index (Phi) is 7.22. The molecule has 0 aromatic carbocycles. The maximum Gasteiger partial charge on any atom is 0.0784 e. The fourth-order valence-electron chi connectivity index (χ4n) is 6.36. The molecule has 0 amide bonds. The molecule has 0 aromatic rings. The second kappa shape index (κ2) is 9.19. The molecule has 30 heavy (non-hydrogen) atoms. The van der Waals surface area contributed by atoms with E-state index in [1.165, 1.54) is 31.3 Å². The summed E-state index contributed by atoms with van der Waals surface area (Å²) in [5, 5.41) is 30.2. The van der Waals surface area contributed by atoms with Gasteiger partial charge in [0.2, 0.25) is 0 Å². The first-order chi connectivity index (χ1) is 14.0. The van der Waals surface area contributed by atoms with Crippen LogP contribution in [0.15, 0.2) is 22.8 Å². The van der Waals surface area contributed by atoms with E-state index in [0.29, 0.717) is 36.0 Å². The largest absolute Gasteiger partial charge is 0.393 e. The minimum atomic E-state index is -0.565. The molecule has 1 fully saturated rings. The van der Waals surface area contributed by atoms with E-state index in [-0.39, 0.29) is 0 Å². The summed E-state index contributed by atoms with van der Waals surface area (Å²) in [6, 6.07) is 0. The second-order valence-electron chi connectivity index (χ2n) is 11.1. The van der Waals surface area contributed by atoms with Crippen molar-refractivity contribution in [2.45, 2.75) is 110 Å². The first kappa shape index (κ1) is 23.6. The van der Waals surface area contributed by atoms with Crippen molar-refractivity contribution < 1.29 is 15.3 Å². The maximum atomic E-state index is 10.1. The lowest BCUT2D eigenvalue weighted by molar-refractivity contribution is 0.0614. The van der Waals surface area contributed by atoms with E-state index in [4.69, 9.17) is 0 Å². The van der Waals surface area contributed by atoms with Gasteiger partial charge in [0.05, 0.1) is 17.8 Å². The topological polar surface area (TPSA) is 60.7 Å². The second-order valence-corrected chi connectivity index (χ2v) is 11.1. The van der Waals surface area contributed by atoms with Crippen LogP contribution >= 0.6 is 0 Å². The van der Waals surface area contributed by atoms with Gasteiger partial charge in [0, 0.05) is 24.0 Å². The lowest BCUT2D eigenvalue weighted by atomic mass is 9.62. The predicted octanol–water partition coefficient (Wildman–Crippen LogP) is 5.15. The summed E-state index contributed by atoms with van der Waals surface area (Å²) in [4.78, 5) is 0. The Morgan fingerprint density at radius 3 is 2.67 bits per heavy atom. The summed E-state index contributed by atoms with van der Waals surface area (Å²) >= 11 is 0. The quantitative estimate of drug-likeness (QED) is 0.545. The lowest BCUT2D eigenvalue weighted by Gasteiger charge is -2.42. The number of hydrogen-bond acceptors (Lipinski definition) is 3. The van der Waals surface area contributed by atoms with Crippen LogP contribution in [0.2, 0.25) is 0 Å². The highest BCUT2D eigenvalue weighted by Crippen LogP contribution is 2.58. The lowest BCUT2D eigenvalue weighted by Crippen LogP contribution is -2.35. The molecular weight excluding hydrogens is 372 g/mol. The summed E-state index contributed by atoms with van der Waals surface area (Å²) in [5.41, 5.74) is 2.87. The number of allylic oxidation sites excluding steroid dienone is 2. The highest BCUT2D eigenvalue weighted by molar-refractivity contribution is 5.44. The van der Waals surface area contributed by atoms with Crippen molar-refractivity contribution in [3.8, 4) is 11.8 Å². The molecular formula is C27H42O3.